The molecule has 0 N–H and O–H groups in total. The van der Waals surface area contributed by atoms with Crippen molar-refractivity contribution in [2.24, 2.45) is 5.92 Å². The van der Waals surface area contributed by atoms with Gasteiger partial charge >= 0.3 is 0 Å². The Labute approximate surface area is 177 Å². The van der Waals surface area contributed by atoms with Gasteiger partial charge in [-0.05, 0) is 31.7 Å². The Kier molecular flexibility index (Phi) is 31.1. The van der Waals surface area contributed by atoms with E-state index in [0.29, 0.717) is 11.7 Å². The number of hydrogen-bond donors (Lipinski definition) is 0. The topological polar surface area (TPSA) is 34.1 Å². The monoisotopic (exact) mass is 394 g/mol. The lowest BCUT2D eigenvalue weighted by atomic mass is 10.0. The van der Waals surface area contributed by atoms with E-state index in [4.69, 9.17) is 0 Å². The van der Waals surface area contributed by atoms with E-state index >= 15 is 0 Å². The number of carbonyl (C=O) groups excluding carboxylic acids is 2. The maximum absolute atomic E-state index is 10.9. The smallest absolute Gasteiger partial charge is 0.159 e. The van der Waals surface area contributed by atoms with E-state index in [1.54, 1.807) is 13.8 Å². The van der Waals surface area contributed by atoms with Crippen molar-refractivity contribution in [1.82, 2.24) is 0 Å². The fourth-order valence-corrected chi connectivity index (χ4v) is 1.39. The highest BCUT2D eigenvalue weighted by molar-refractivity contribution is 5.94. The van der Waals surface area contributed by atoms with Gasteiger partial charge in [-0.25, -0.2) is 0 Å². The Morgan fingerprint density at radius 2 is 1.14 bits per heavy atom. The van der Waals surface area contributed by atoms with Gasteiger partial charge in [-0.1, -0.05) is 113 Å². The van der Waals surface area contributed by atoms with Crippen molar-refractivity contribution in [2.75, 3.05) is 0 Å². The minimum atomic E-state index is 0.130. The van der Waals surface area contributed by atoms with Crippen molar-refractivity contribution in [3.63, 3.8) is 0 Å². The standard InChI is InChI=1S/C11H14O.C6H12O.C4H10.C3H8.C2H6/c1-8(2)10-4-6-11(7-5-10)9(3)12;1-4-5(2)6(3)7;1-3-4-2;1-3-2;1-2/h4-8H,1-3H3;5H,4H2,1-3H3;3-4H2,1-2H3;3H2,1-2H3;1-2H3. The van der Waals surface area contributed by atoms with Crippen molar-refractivity contribution >= 4 is 11.6 Å². The molecule has 1 unspecified atom stereocenters. The summed E-state index contributed by atoms with van der Waals surface area (Å²) in [4.78, 5) is 21.3. The van der Waals surface area contributed by atoms with E-state index in [1.807, 2.05) is 52.0 Å². The molecular weight excluding hydrogens is 344 g/mol. The van der Waals surface area contributed by atoms with Gasteiger partial charge in [-0.15, -0.1) is 0 Å². The van der Waals surface area contributed by atoms with Crippen LogP contribution >= 0.6 is 0 Å². The lowest BCUT2D eigenvalue weighted by molar-refractivity contribution is -0.120. The molecule has 2 nitrogen and oxygen atoms in total. The zero-order valence-corrected chi connectivity index (χ0v) is 21.1. The summed E-state index contributed by atoms with van der Waals surface area (Å²) in [6.45, 7) is 24.1. The summed E-state index contributed by atoms with van der Waals surface area (Å²) in [5, 5.41) is 0. The highest BCUT2D eigenvalue weighted by atomic mass is 16.1. The lowest BCUT2D eigenvalue weighted by Gasteiger charge is -2.04. The number of ketones is 2. The molecule has 166 valence electrons. The normalized spacial score (nSPS) is 9.75. The summed E-state index contributed by atoms with van der Waals surface area (Å²) < 4.78 is 0. The van der Waals surface area contributed by atoms with Crippen molar-refractivity contribution < 1.29 is 9.59 Å². The van der Waals surface area contributed by atoms with Crippen LogP contribution in [-0.4, -0.2) is 11.6 Å². The molecule has 1 rings (SSSR count). The zero-order chi connectivity index (χ0) is 23.1. The highest BCUT2D eigenvalue weighted by Gasteiger charge is 2.01. The minimum Gasteiger partial charge on any atom is -0.300 e. The maximum Gasteiger partial charge on any atom is 0.159 e. The van der Waals surface area contributed by atoms with Crippen molar-refractivity contribution in [2.45, 2.75) is 115 Å². The van der Waals surface area contributed by atoms with Gasteiger partial charge in [0.1, 0.15) is 5.78 Å². The molecule has 0 heterocycles. The number of unbranched alkanes of at least 4 members (excludes halogenated alkanes) is 1. The van der Waals surface area contributed by atoms with Gasteiger partial charge in [0.15, 0.2) is 5.78 Å². The van der Waals surface area contributed by atoms with Crippen molar-refractivity contribution in [3.8, 4) is 0 Å². The Balaban J connectivity index is -0.000000154. The third-order valence-electron chi connectivity index (χ3n) is 3.79. The number of hydrogen-bond acceptors (Lipinski definition) is 2. The summed E-state index contributed by atoms with van der Waals surface area (Å²) in [6, 6.07) is 7.80. The molecule has 0 aliphatic rings. The molecular formula is C26H50O2. The number of benzene rings is 1. The first-order valence-electron chi connectivity index (χ1n) is 11.2. The first-order valence-corrected chi connectivity index (χ1v) is 11.2. The molecule has 28 heavy (non-hydrogen) atoms. The summed E-state index contributed by atoms with van der Waals surface area (Å²) in [7, 11) is 0. The molecule has 0 saturated carbocycles. The van der Waals surface area contributed by atoms with Gasteiger partial charge in [-0.3, -0.25) is 9.59 Å². The first kappa shape index (κ1) is 34.1. The number of Topliss-reactive ketones (excluding diaryl/α,β-unsaturated/α-hetero) is 2. The highest BCUT2D eigenvalue weighted by Crippen LogP contribution is 2.14. The van der Waals surface area contributed by atoms with Crippen LogP contribution in [0.1, 0.15) is 131 Å². The van der Waals surface area contributed by atoms with E-state index in [1.165, 1.54) is 24.8 Å². The molecule has 0 bridgehead atoms. The maximum atomic E-state index is 10.9. The lowest BCUT2D eigenvalue weighted by Crippen LogP contribution is -2.03. The van der Waals surface area contributed by atoms with Gasteiger partial charge < -0.3 is 0 Å². The summed E-state index contributed by atoms with van der Waals surface area (Å²) >= 11 is 0. The molecule has 0 fully saturated rings. The molecule has 1 aromatic carbocycles. The second-order valence-corrected chi connectivity index (χ2v) is 6.96. The first-order chi connectivity index (χ1) is 13.1. The van der Waals surface area contributed by atoms with E-state index < -0.39 is 0 Å². The molecule has 2 heteroatoms. The largest absolute Gasteiger partial charge is 0.300 e. The van der Waals surface area contributed by atoms with Crippen LogP contribution in [0.25, 0.3) is 0 Å². The van der Waals surface area contributed by atoms with Crippen LogP contribution in [0.4, 0.5) is 0 Å². The average Bonchev–Trinajstić information content (AvgIpc) is 2.70. The minimum absolute atomic E-state index is 0.130. The van der Waals surface area contributed by atoms with Crippen LogP contribution < -0.4 is 0 Å². The molecule has 0 spiro atoms. The molecule has 0 saturated heterocycles. The second-order valence-electron chi connectivity index (χ2n) is 6.96. The van der Waals surface area contributed by atoms with Crippen LogP contribution in [-0.2, 0) is 4.79 Å². The average molecular weight is 395 g/mol. The Morgan fingerprint density at radius 3 is 1.29 bits per heavy atom. The van der Waals surface area contributed by atoms with Crippen LogP contribution in [0.15, 0.2) is 24.3 Å². The molecule has 0 aromatic heterocycles. The molecule has 0 aliphatic heterocycles. The molecule has 0 amide bonds. The quantitative estimate of drug-likeness (QED) is 0.467. The third-order valence-corrected chi connectivity index (χ3v) is 3.79. The van der Waals surface area contributed by atoms with Gasteiger partial charge in [-0.2, -0.15) is 0 Å². The fourth-order valence-electron chi connectivity index (χ4n) is 1.39. The summed E-state index contributed by atoms with van der Waals surface area (Å²) in [5.74, 6) is 1.22. The fraction of sp³-hybridized carbons (Fsp3) is 0.692. The van der Waals surface area contributed by atoms with Crippen molar-refractivity contribution in [3.05, 3.63) is 35.4 Å². The van der Waals surface area contributed by atoms with Gasteiger partial charge in [0.2, 0.25) is 0 Å². The zero-order valence-electron chi connectivity index (χ0n) is 21.1. The molecule has 0 aliphatic carbocycles. The third kappa shape index (κ3) is 24.6. The number of carbonyl (C=O) groups is 2. The van der Waals surface area contributed by atoms with E-state index in [2.05, 4.69) is 41.5 Å². The van der Waals surface area contributed by atoms with Crippen molar-refractivity contribution in [1.29, 1.82) is 0 Å². The Bertz CT molecular complexity index is 442. The van der Waals surface area contributed by atoms with E-state index in [-0.39, 0.29) is 11.7 Å². The number of rotatable bonds is 5. The van der Waals surface area contributed by atoms with Gasteiger partial charge in [0.05, 0.1) is 0 Å². The van der Waals surface area contributed by atoms with Crippen LogP contribution in [0.2, 0.25) is 0 Å². The van der Waals surface area contributed by atoms with Gasteiger partial charge in [0, 0.05) is 11.5 Å². The SMILES string of the molecule is CC.CC(=O)c1ccc(C(C)C)cc1.CCC.CCC(C)C(C)=O.CCCC. The molecule has 0 radical (unpaired) electrons. The van der Waals surface area contributed by atoms with E-state index in [0.717, 1.165) is 12.0 Å². The molecule has 1 aromatic rings. The van der Waals surface area contributed by atoms with Crippen LogP contribution in [0.3, 0.4) is 0 Å². The molecule has 1 atom stereocenters. The Morgan fingerprint density at radius 1 is 0.786 bits per heavy atom. The van der Waals surface area contributed by atoms with Gasteiger partial charge in [0.25, 0.3) is 0 Å². The summed E-state index contributed by atoms with van der Waals surface area (Å²) in [6.07, 6.45) is 4.86. The predicted octanol–water partition coefficient (Wildman–Crippen LogP) is 8.88. The van der Waals surface area contributed by atoms with E-state index in [9.17, 15) is 9.59 Å². The van der Waals surface area contributed by atoms with Crippen LogP contribution in [0, 0.1) is 5.92 Å². The summed E-state index contributed by atoms with van der Waals surface area (Å²) in [5.41, 5.74) is 2.07. The van der Waals surface area contributed by atoms with Crippen LogP contribution in [0.5, 0.6) is 0 Å². The Hall–Kier alpha value is -1.44. The predicted molar refractivity (Wildman–Crippen MR) is 129 cm³/mol. The second kappa shape index (κ2) is 25.6.